The highest BCUT2D eigenvalue weighted by atomic mass is 32.2. The Morgan fingerprint density at radius 1 is 1.37 bits per heavy atom. The summed E-state index contributed by atoms with van der Waals surface area (Å²) in [5, 5.41) is 6.97. The van der Waals surface area contributed by atoms with Crippen molar-refractivity contribution in [3.8, 4) is 0 Å². The molecule has 0 spiro atoms. The van der Waals surface area contributed by atoms with Crippen LogP contribution in [0.4, 0.5) is 9.93 Å². The molecule has 0 aliphatic carbocycles. The highest BCUT2D eigenvalue weighted by Gasteiger charge is 2.54. The first-order chi connectivity index (χ1) is 13.9. The first-order valence-corrected chi connectivity index (χ1v) is 9.93. The number of β-lactam (4-membered cyclic amide) rings is 1. The maximum Gasteiger partial charge on any atom is 0.404 e. The van der Waals surface area contributed by atoms with E-state index in [0.717, 1.165) is 11.3 Å². The van der Waals surface area contributed by atoms with Gasteiger partial charge >= 0.3 is 16.4 Å². The molecular formula is C12H15N7O9S2. The maximum absolute atomic E-state index is 12.6. The van der Waals surface area contributed by atoms with Gasteiger partial charge in [-0.25, -0.2) is 14.1 Å². The molecule has 8 N–H and O–H groups in total. The van der Waals surface area contributed by atoms with Gasteiger partial charge in [-0.15, -0.1) is 11.3 Å². The van der Waals surface area contributed by atoms with Crippen LogP contribution in [-0.4, -0.2) is 77.1 Å². The van der Waals surface area contributed by atoms with Crippen LogP contribution in [0.2, 0.25) is 0 Å². The topological polar surface area (TPSA) is 260 Å². The zero-order chi connectivity index (χ0) is 22.6. The molecule has 18 heteroatoms. The van der Waals surface area contributed by atoms with Crippen LogP contribution < -0.4 is 22.5 Å². The van der Waals surface area contributed by atoms with E-state index in [-0.39, 0.29) is 15.1 Å². The number of rotatable bonds is 9. The number of hydrogen-bond acceptors (Lipinski definition) is 12. The number of primary amides is 2. The number of amides is 4. The third kappa shape index (κ3) is 5.30. The second kappa shape index (κ2) is 8.88. The summed E-state index contributed by atoms with van der Waals surface area (Å²) in [5.74, 6) is -3.20. The van der Waals surface area contributed by atoms with Gasteiger partial charge in [-0.05, 0) is 0 Å². The van der Waals surface area contributed by atoms with Gasteiger partial charge in [0.1, 0.15) is 24.4 Å². The smallest absolute Gasteiger partial charge is 0.404 e. The third-order valence-corrected chi connectivity index (χ3v) is 5.06. The van der Waals surface area contributed by atoms with Gasteiger partial charge in [-0.3, -0.25) is 18.9 Å². The monoisotopic (exact) mass is 465 g/mol. The van der Waals surface area contributed by atoms with Crippen LogP contribution in [0.3, 0.4) is 0 Å². The highest BCUT2D eigenvalue weighted by Crippen LogP contribution is 2.24. The summed E-state index contributed by atoms with van der Waals surface area (Å²) in [7, 11) is -5.01. The Labute approximate surface area is 171 Å². The number of carbonyl (C=O) groups excluding carboxylic acids is 4. The van der Waals surface area contributed by atoms with Gasteiger partial charge in [0.15, 0.2) is 17.5 Å². The van der Waals surface area contributed by atoms with Crippen LogP contribution in [0.25, 0.3) is 0 Å². The Hall–Kier alpha value is -3.51. The summed E-state index contributed by atoms with van der Waals surface area (Å²) >= 11 is 0.944. The SMILES string of the molecule is NC(=O)CON=C(C(=O)NC1C(=O)N(S(=O)(=O)O)C1COC(N)=O)c1csc(N)n1. The second-order valence-electron chi connectivity index (χ2n) is 5.51. The van der Waals surface area contributed by atoms with Crippen LogP contribution in [-0.2, 0) is 34.3 Å². The van der Waals surface area contributed by atoms with E-state index in [4.69, 9.17) is 21.8 Å². The molecule has 0 saturated carbocycles. The Balaban J connectivity index is 2.24. The van der Waals surface area contributed by atoms with Crippen LogP contribution in [0.5, 0.6) is 0 Å². The molecule has 1 saturated heterocycles. The van der Waals surface area contributed by atoms with Gasteiger partial charge in [0.25, 0.3) is 17.7 Å². The van der Waals surface area contributed by atoms with Gasteiger partial charge in [0.2, 0.25) is 0 Å². The molecule has 1 aromatic heterocycles. The van der Waals surface area contributed by atoms with Crippen molar-refractivity contribution in [2.24, 2.45) is 16.6 Å². The van der Waals surface area contributed by atoms with Gasteiger partial charge < -0.3 is 32.1 Å². The minimum absolute atomic E-state index is 0.00210. The highest BCUT2D eigenvalue weighted by molar-refractivity contribution is 7.84. The van der Waals surface area contributed by atoms with E-state index in [9.17, 15) is 27.6 Å². The fourth-order valence-electron chi connectivity index (χ4n) is 2.26. The number of nitrogens with two attached hydrogens (primary N) is 3. The molecule has 1 aromatic rings. The van der Waals surface area contributed by atoms with Crippen molar-refractivity contribution in [2.75, 3.05) is 18.9 Å². The molecule has 2 heterocycles. The molecule has 4 amide bonds. The summed E-state index contributed by atoms with van der Waals surface area (Å²) < 4.78 is 36.3. The van der Waals surface area contributed by atoms with Crippen molar-refractivity contribution < 1.29 is 41.7 Å². The molecule has 2 atom stereocenters. The molecule has 16 nitrogen and oxygen atoms in total. The molecule has 1 aliphatic heterocycles. The molecule has 1 fully saturated rings. The number of hydrogen-bond donors (Lipinski definition) is 5. The van der Waals surface area contributed by atoms with E-state index < -0.39 is 65.1 Å². The van der Waals surface area contributed by atoms with Gasteiger partial charge in [-0.1, -0.05) is 5.16 Å². The fourth-order valence-corrected chi connectivity index (χ4v) is 3.68. The Morgan fingerprint density at radius 2 is 2.03 bits per heavy atom. The van der Waals surface area contributed by atoms with Crippen molar-refractivity contribution in [1.82, 2.24) is 14.6 Å². The Bertz CT molecular complexity index is 1010. The number of nitrogens with zero attached hydrogens (tertiary/aromatic N) is 3. The summed E-state index contributed by atoms with van der Waals surface area (Å²) in [5.41, 5.74) is 14.6. The predicted octanol–water partition coefficient (Wildman–Crippen LogP) is -3.47. The summed E-state index contributed by atoms with van der Waals surface area (Å²) in [6, 6.07) is -3.03. The van der Waals surface area contributed by atoms with Crippen molar-refractivity contribution in [1.29, 1.82) is 0 Å². The average molecular weight is 465 g/mol. The molecule has 164 valence electrons. The number of oxime groups is 1. The summed E-state index contributed by atoms with van der Waals surface area (Å²) in [6.45, 7) is -1.43. The number of aromatic nitrogens is 1. The van der Waals surface area contributed by atoms with Crippen molar-refractivity contribution in [3.05, 3.63) is 11.1 Å². The van der Waals surface area contributed by atoms with E-state index in [0.29, 0.717) is 0 Å². The number of anilines is 1. The van der Waals surface area contributed by atoms with E-state index in [1.165, 1.54) is 5.38 Å². The fraction of sp³-hybridized carbons (Fsp3) is 0.333. The molecule has 0 aromatic carbocycles. The predicted molar refractivity (Wildman–Crippen MR) is 97.9 cm³/mol. The molecule has 0 bridgehead atoms. The normalized spacial score (nSPS) is 19.0. The lowest BCUT2D eigenvalue weighted by molar-refractivity contribution is -0.146. The third-order valence-electron chi connectivity index (χ3n) is 3.44. The maximum atomic E-state index is 12.6. The molecule has 1 aliphatic rings. The van der Waals surface area contributed by atoms with E-state index >= 15 is 0 Å². The summed E-state index contributed by atoms with van der Waals surface area (Å²) in [4.78, 5) is 54.7. The Kier molecular flexibility index (Phi) is 6.74. The van der Waals surface area contributed by atoms with Crippen LogP contribution in [0.15, 0.2) is 10.5 Å². The van der Waals surface area contributed by atoms with Gasteiger partial charge in [0.05, 0.1) is 0 Å². The standard InChI is InChI=1S/C12H15N7O9S2/c13-6(20)2-28-18-7(4-3-29-11(14)16-4)9(21)17-8-5(1-27-12(15)23)19(10(8)22)30(24,25)26/h3,5,8H,1-2H2,(H2,13,20)(H2,14,16)(H2,15,23)(H,17,21)(H,24,25,26). The van der Waals surface area contributed by atoms with Crippen molar-refractivity contribution >= 4 is 56.3 Å². The first-order valence-electron chi connectivity index (χ1n) is 7.65. The minimum Gasteiger partial charge on any atom is -0.447 e. The lowest BCUT2D eigenvalue weighted by atomic mass is 9.99. The van der Waals surface area contributed by atoms with Crippen LogP contribution in [0.1, 0.15) is 5.69 Å². The summed E-state index contributed by atoms with van der Waals surface area (Å²) in [6.07, 6.45) is -1.28. The largest absolute Gasteiger partial charge is 0.447 e. The quantitative estimate of drug-likeness (QED) is 0.103. The number of thiazole rings is 1. The van der Waals surface area contributed by atoms with Crippen molar-refractivity contribution in [2.45, 2.75) is 12.1 Å². The van der Waals surface area contributed by atoms with Crippen molar-refractivity contribution in [3.63, 3.8) is 0 Å². The molecule has 30 heavy (non-hydrogen) atoms. The number of nitrogen functional groups attached to an aromatic ring is 1. The van der Waals surface area contributed by atoms with Crippen LogP contribution in [0, 0.1) is 0 Å². The first kappa shape index (κ1) is 22.8. The van der Waals surface area contributed by atoms with E-state index in [1.807, 2.05) is 0 Å². The zero-order valence-corrected chi connectivity index (χ0v) is 16.4. The lowest BCUT2D eigenvalue weighted by Crippen LogP contribution is -2.73. The number of carbonyl (C=O) groups is 4. The van der Waals surface area contributed by atoms with Crippen LogP contribution >= 0.6 is 11.3 Å². The van der Waals surface area contributed by atoms with Gasteiger partial charge in [0, 0.05) is 5.38 Å². The molecule has 0 radical (unpaired) electrons. The Morgan fingerprint density at radius 3 is 2.53 bits per heavy atom. The van der Waals surface area contributed by atoms with Gasteiger partial charge in [-0.2, -0.15) is 8.42 Å². The number of nitrogens with one attached hydrogen (secondary N) is 1. The minimum atomic E-state index is -5.01. The lowest BCUT2D eigenvalue weighted by Gasteiger charge is -2.43. The second-order valence-corrected chi connectivity index (χ2v) is 7.69. The van der Waals surface area contributed by atoms with E-state index in [2.05, 4.69) is 25.0 Å². The molecule has 2 unspecified atom stereocenters. The molecule has 2 rings (SSSR count). The average Bonchev–Trinajstić information content (AvgIpc) is 3.04. The molecular weight excluding hydrogens is 450 g/mol. The zero-order valence-electron chi connectivity index (χ0n) is 14.7. The number of ether oxygens (including phenoxy) is 1. The van der Waals surface area contributed by atoms with E-state index in [1.54, 1.807) is 0 Å².